The number of fused-ring (bicyclic) bond motifs is 1. The minimum Gasteiger partial charge on any atom is -0.327 e. The molecule has 1 aromatic heterocycles. The third-order valence-electron chi connectivity index (χ3n) is 2.57. The fraction of sp³-hybridized carbons (Fsp3) is 0.700. The largest absolute Gasteiger partial charge is 0.327 e. The van der Waals surface area contributed by atoms with Gasteiger partial charge in [-0.3, -0.25) is 5.10 Å². The summed E-state index contributed by atoms with van der Waals surface area (Å²) in [5.74, 6) is 0.671. The SMILES string of the molecule is CC(C)Cc1n[nH]c2c1CC(N)C2. The predicted octanol–water partition coefficient (Wildman–Crippen LogP) is 1.03. The zero-order chi connectivity index (χ0) is 9.42. The number of rotatable bonds is 2. The van der Waals surface area contributed by atoms with Gasteiger partial charge in [0.15, 0.2) is 0 Å². The minimum absolute atomic E-state index is 0.315. The molecule has 1 unspecified atom stereocenters. The molecule has 0 saturated heterocycles. The second kappa shape index (κ2) is 3.14. The highest BCUT2D eigenvalue weighted by Gasteiger charge is 2.23. The van der Waals surface area contributed by atoms with E-state index < -0.39 is 0 Å². The highest BCUT2D eigenvalue weighted by atomic mass is 15.1. The van der Waals surface area contributed by atoms with Gasteiger partial charge in [-0.05, 0) is 24.3 Å². The Labute approximate surface area is 78.7 Å². The molecule has 0 fully saturated rings. The van der Waals surface area contributed by atoms with Crippen LogP contribution in [0.2, 0.25) is 0 Å². The van der Waals surface area contributed by atoms with Crippen LogP contribution in [0.4, 0.5) is 0 Å². The molecule has 1 aromatic rings. The van der Waals surface area contributed by atoms with Gasteiger partial charge in [0.05, 0.1) is 5.69 Å². The molecule has 3 nitrogen and oxygen atoms in total. The number of H-pyrrole nitrogens is 1. The summed E-state index contributed by atoms with van der Waals surface area (Å²) in [7, 11) is 0. The molecule has 3 N–H and O–H groups in total. The number of nitrogens with two attached hydrogens (primary N) is 1. The van der Waals surface area contributed by atoms with Gasteiger partial charge < -0.3 is 5.73 Å². The summed E-state index contributed by atoms with van der Waals surface area (Å²) in [5, 5.41) is 7.42. The second-order valence-corrected chi connectivity index (χ2v) is 4.39. The van der Waals surface area contributed by atoms with Crippen LogP contribution in [0.3, 0.4) is 0 Å². The molecule has 0 aromatic carbocycles. The first-order valence-corrected chi connectivity index (χ1v) is 4.97. The van der Waals surface area contributed by atoms with E-state index in [0.29, 0.717) is 12.0 Å². The van der Waals surface area contributed by atoms with E-state index in [1.54, 1.807) is 0 Å². The fourth-order valence-corrected chi connectivity index (χ4v) is 2.01. The van der Waals surface area contributed by atoms with Gasteiger partial charge in [-0.15, -0.1) is 0 Å². The molecular weight excluding hydrogens is 162 g/mol. The van der Waals surface area contributed by atoms with Gasteiger partial charge in [0.25, 0.3) is 0 Å². The molecule has 0 bridgehead atoms. The van der Waals surface area contributed by atoms with Crippen LogP contribution in [0.15, 0.2) is 0 Å². The lowest BCUT2D eigenvalue weighted by atomic mass is 10.0. The Morgan fingerprint density at radius 2 is 2.31 bits per heavy atom. The van der Waals surface area contributed by atoms with Crippen LogP contribution in [0.1, 0.15) is 30.8 Å². The Hall–Kier alpha value is -0.830. The minimum atomic E-state index is 0.315. The topological polar surface area (TPSA) is 54.7 Å². The van der Waals surface area contributed by atoms with Crippen molar-refractivity contribution in [3.05, 3.63) is 17.0 Å². The third kappa shape index (κ3) is 1.61. The van der Waals surface area contributed by atoms with E-state index in [1.165, 1.54) is 17.0 Å². The van der Waals surface area contributed by atoms with Gasteiger partial charge in [0.1, 0.15) is 0 Å². The van der Waals surface area contributed by atoms with Gasteiger partial charge in [0.2, 0.25) is 0 Å². The molecule has 0 amide bonds. The lowest BCUT2D eigenvalue weighted by Crippen LogP contribution is -2.20. The quantitative estimate of drug-likeness (QED) is 0.712. The molecule has 3 heteroatoms. The molecule has 0 spiro atoms. The van der Waals surface area contributed by atoms with Crippen LogP contribution in [0.25, 0.3) is 0 Å². The third-order valence-corrected chi connectivity index (χ3v) is 2.57. The van der Waals surface area contributed by atoms with Crippen LogP contribution in [-0.2, 0) is 19.3 Å². The lowest BCUT2D eigenvalue weighted by Gasteiger charge is -2.03. The molecule has 0 radical (unpaired) electrons. The van der Waals surface area contributed by atoms with Gasteiger partial charge in [0, 0.05) is 18.2 Å². The Morgan fingerprint density at radius 3 is 3.00 bits per heavy atom. The maximum atomic E-state index is 5.88. The predicted molar refractivity (Wildman–Crippen MR) is 52.5 cm³/mol. The van der Waals surface area contributed by atoms with Crippen LogP contribution >= 0.6 is 0 Å². The van der Waals surface area contributed by atoms with Gasteiger partial charge in [-0.2, -0.15) is 5.10 Å². The van der Waals surface area contributed by atoms with Crippen molar-refractivity contribution in [2.24, 2.45) is 11.7 Å². The van der Waals surface area contributed by atoms with Crippen molar-refractivity contribution in [2.45, 2.75) is 39.2 Å². The van der Waals surface area contributed by atoms with Gasteiger partial charge in [-0.1, -0.05) is 13.8 Å². The Kier molecular flexibility index (Phi) is 2.12. The summed E-state index contributed by atoms with van der Waals surface area (Å²) in [4.78, 5) is 0. The highest BCUT2D eigenvalue weighted by molar-refractivity contribution is 5.31. The molecule has 1 aliphatic carbocycles. The van der Waals surface area contributed by atoms with E-state index in [-0.39, 0.29) is 0 Å². The highest BCUT2D eigenvalue weighted by Crippen LogP contribution is 2.23. The normalized spacial score (nSPS) is 21.1. The van der Waals surface area contributed by atoms with Crippen molar-refractivity contribution < 1.29 is 0 Å². The Morgan fingerprint density at radius 1 is 1.54 bits per heavy atom. The average molecular weight is 179 g/mol. The first-order chi connectivity index (χ1) is 6.16. The maximum Gasteiger partial charge on any atom is 0.0660 e. The van der Waals surface area contributed by atoms with Crippen molar-refractivity contribution in [2.75, 3.05) is 0 Å². The number of hydrogen-bond acceptors (Lipinski definition) is 2. The van der Waals surface area contributed by atoms with E-state index in [4.69, 9.17) is 5.73 Å². The van der Waals surface area contributed by atoms with Gasteiger partial charge in [-0.25, -0.2) is 0 Å². The molecular formula is C10H17N3. The second-order valence-electron chi connectivity index (χ2n) is 4.39. The summed E-state index contributed by atoms with van der Waals surface area (Å²) in [6, 6.07) is 0.315. The van der Waals surface area contributed by atoms with Crippen LogP contribution < -0.4 is 5.73 Å². The molecule has 1 heterocycles. The molecule has 0 saturated carbocycles. The number of nitrogens with one attached hydrogen (secondary N) is 1. The van der Waals surface area contributed by atoms with Gasteiger partial charge >= 0.3 is 0 Å². The number of nitrogens with zero attached hydrogens (tertiary/aromatic N) is 1. The van der Waals surface area contributed by atoms with E-state index in [9.17, 15) is 0 Å². The molecule has 0 aliphatic heterocycles. The summed E-state index contributed by atoms with van der Waals surface area (Å²) >= 11 is 0. The average Bonchev–Trinajstić information content (AvgIpc) is 2.51. The molecule has 1 atom stereocenters. The first-order valence-electron chi connectivity index (χ1n) is 4.97. The van der Waals surface area contributed by atoms with E-state index in [1.807, 2.05) is 0 Å². The maximum absolute atomic E-state index is 5.88. The molecule has 13 heavy (non-hydrogen) atoms. The molecule has 72 valence electrons. The van der Waals surface area contributed by atoms with E-state index in [0.717, 1.165) is 19.3 Å². The first kappa shape index (κ1) is 8.75. The molecule has 2 rings (SSSR count). The summed E-state index contributed by atoms with van der Waals surface area (Å²) in [5.41, 5.74) is 9.77. The smallest absolute Gasteiger partial charge is 0.0660 e. The number of aromatic nitrogens is 2. The van der Waals surface area contributed by atoms with Crippen molar-refractivity contribution in [1.82, 2.24) is 10.2 Å². The van der Waals surface area contributed by atoms with E-state index in [2.05, 4.69) is 24.0 Å². The summed E-state index contributed by atoms with van der Waals surface area (Å²) < 4.78 is 0. The zero-order valence-corrected chi connectivity index (χ0v) is 8.30. The van der Waals surface area contributed by atoms with Crippen LogP contribution in [0, 0.1) is 5.92 Å². The van der Waals surface area contributed by atoms with Crippen molar-refractivity contribution in [1.29, 1.82) is 0 Å². The number of aromatic amines is 1. The standard InChI is InChI=1S/C10H17N3/c1-6(2)3-9-8-4-7(11)5-10(8)13-12-9/h6-7H,3-5,11H2,1-2H3,(H,12,13). The lowest BCUT2D eigenvalue weighted by molar-refractivity contribution is 0.622. The van der Waals surface area contributed by atoms with Crippen molar-refractivity contribution >= 4 is 0 Å². The summed E-state index contributed by atoms with van der Waals surface area (Å²) in [6.45, 7) is 4.44. The van der Waals surface area contributed by atoms with Crippen LogP contribution in [-0.4, -0.2) is 16.2 Å². The number of hydrogen-bond donors (Lipinski definition) is 2. The Balaban J connectivity index is 2.20. The zero-order valence-electron chi connectivity index (χ0n) is 8.30. The monoisotopic (exact) mass is 179 g/mol. The summed E-state index contributed by atoms with van der Waals surface area (Å²) in [6.07, 6.45) is 3.05. The Bertz CT molecular complexity index is 301. The van der Waals surface area contributed by atoms with Crippen molar-refractivity contribution in [3.8, 4) is 0 Å². The van der Waals surface area contributed by atoms with E-state index >= 15 is 0 Å². The van der Waals surface area contributed by atoms with Crippen LogP contribution in [0.5, 0.6) is 0 Å². The fourth-order valence-electron chi connectivity index (χ4n) is 2.01. The van der Waals surface area contributed by atoms with Crippen molar-refractivity contribution in [3.63, 3.8) is 0 Å². The molecule has 1 aliphatic rings.